The predicted molar refractivity (Wildman–Crippen MR) is 89.1 cm³/mol. The monoisotopic (exact) mass is 285 g/mol. The molecule has 21 heavy (non-hydrogen) atoms. The number of benzene rings is 1. The van der Waals surface area contributed by atoms with Crippen LogP contribution in [0.4, 0.5) is 23.0 Å². The van der Waals surface area contributed by atoms with Crippen LogP contribution in [-0.2, 0) is 6.42 Å². The molecule has 2 aromatic rings. The van der Waals surface area contributed by atoms with E-state index in [0.717, 1.165) is 31.0 Å². The molecule has 0 saturated heterocycles. The lowest BCUT2D eigenvalue weighted by atomic mass is 10.1. The molecule has 0 aliphatic heterocycles. The first kappa shape index (κ1) is 15.1. The standard InChI is InChI=1S/C16H23N5/c1-4-12-9-7-8-10-13(12)20-15-14(17)16(19-11-18-15)21(5-2)6-3/h7-11H,4-6,17H2,1-3H3,(H,18,19,20). The minimum atomic E-state index is 0.590. The molecule has 0 aliphatic rings. The largest absolute Gasteiger partial charge is 0.393 e. The van der Waals surface area contributed by atoms with Gasteiger partial charge in [-0.3, -0.25) is 0 Å². The molecule has 0 amide bonds. The number of nitrogen functional groups attached to an aromatic ring is 1. The van der Waals surface area contributed by atoms with Crippen LogP contribution in [0.25, 0.3) is 0 Å². The molecule has 1 aromatic heterocycles. The van der Waals surface area contributed by atoms with Gasteiger partial charge in [0.1, 0.15) is 12.0 Å². The number of nitrogens with zero attached hydrogens (tertiary/aromatic N) is 3. The third-order valence-corrected chi connectivity index (χ3v) is 3.58. The molecule has 1 aromatic carbocycles. The van der Waals surface area contributed by atoms with Crippen LogP contribution in [-0.4, -0.2) is 23.1 Å². The van der Waals surface area contributed by atoms with Crippen molar-refractivity contribution in [3.63, 3.8) is 0 Å². The van der Waals surface area contributed by atoms with Crippen molar-refractivity contribution in [3.8, 4) is 0 Å². The number of nitrogens with one attached hydrogen (secondary N) is 1. The van der Waals surface area contributed by atoms with E-state index >= 15 is 0 Å². The second kappa shape index (κ2) is 6.92. The highest BCUT2D eigenvalue weighted by atomic mass is 15.2. The van der Waals surface area contributed by atoms with E-state index in [1.54, 1.807) is 6.33 Å². The number of aryl methyl sites for hydroxylation is 1. The molecule has 0 aliphatic carbocycles. The van der Waals surface area contributed by atoms with Crippen LogP contribution >= 0.6 is 0 Å². The highest BCUT2D eigenvalue weighted by molar-refractivity contribution is 5.78. The molecule has 3 N–H and O–H groups in total. The van der Waals surface area contributed by atoms with Gasteiger partial charge in [-0.05, 0) is 31.9 Å². The van der Waals surface area contributed by atoms with Gasteiger partial charge in [-0.1, -0.05) is 25.1 Å². The van der Waals surface area contributed by atoms with Gasteiger partial charge in [0.25, 0.3) is 0 Å². The van der Waals surface area contributed by atoms with Crippen molar-refractivity contribution < 1.29 is 0 Å². The van der Waals surface area contributed by atoms with Crippen molar-refractivity contribution in [2.45, 2.75) is 27.2 Å². The van der Waals surface area contributed by atoms with Crippen LogP contribution in [0.2, 0.25) is 0 Å². The van der Waals surface area contributed by atoms with E-state index in [-0.39, 0.29) is 0 Å². The van der Waals surface area contributed by atoms with Gasteiger partial charge >= 0.3 is 0 Å². The van der Waals surface area contributed by atoms with Crippen molar-refractivity contribution in [1.82, 2.24) is 9.97 Å². The topological polar surface area (TPSA) is 67.1 Å². The van der Waals surface area contributed by atoms with Crippen LogP contribution in [0, 0.1) is 0 Å². The molecular formula is C16H23N5. The summed E-state index contributed by atoms with van der Waals surface area (Å²) in [5.74, 6) is 1.44. The Bertz CT molecular complexity index is 593. The molecule has 0 radical (unpaired) electrons. The summed E-state index contributed by atoms with van der Waals surface area (Å²) in [4.78, 5) is 10.7. The van der Waals surface area contributed by atoms with Crippen molar-refractivity contribution in [1.29, 1.82) is 0 Å². The van der Waals surface area contributed by atoms with Gasteiger partial charge in [-0.15, -0.1) is 0 Å². The molecule has 0 atom stereocenters. The van der Waals surface area contributed by atoms with E-state index in [1.165, 1.54) is 5.56 Å². The van der Waals surface area contributed by atoms with Gasteiger partial charge in [0.05, 0.1) is 0 Å². The number of para-hydroxylation sites is 1. The van der Waals surface area contributed by atoms with Gasteiger partial charge < -0.3 is 16.0 Å². The maximum absolute atomic E-state index is 6.25. The number of hydrogen-bond acceptors (Lipinski definition) is 5. The fourth-order valence-corrected chi connectivity index (χ4v) is 2.34. The van der Waals surface area contributed by atoms with Crippen molar-refractivity contribution in [3.05, 3.63) is 36.2 Å². The van der Waals surface area contributed by atoms with Crippen LogP contribution in [0.15, 0.2) is 30.6 Å². The predicted octanol–water partition coefficient (Wildman–Crippen LogP) is 3.21. The summed E-state index contributed by atoms with van der Waals surface area (Å²) in [6.07, 6.45) is 2.51. The summed E-state index contributed by atoms with van der Waals surface area (Å²) in [6, 6.07) is 8.18. The fraction of sp³-hybridized carbons (Fsp3) is 0.375. The summed E-state index contributed by atoms with van der Waals surface area (Å²) in [5, 5.41) is 3.33. The highest BCUT2D eigenvalue weighted by Crippen LogP contribution is 2.29. The van der Waals surface area contributed by atoms with Gasteiger partial charge in [0.2, 0.25) is 0 Å². The highest BCUT2D eigenvalue weighted by Gasteiger charge is 2.13. The lowest BCUT2D eigenvalue weighted by Crippen LogP contribution is -2.24. The lowest BCUT2D eigenvalue weighted by Gasteiger charge is -2.22. The van der Waals surface area contributed by atoms with E-state index in [0.29, 0.717) is 11.5 Å². The molecule has 5 heteroatoms. The summed E-state index contributed by atoms with van der Waals surface area (Å²) >= 11 is 0. The quantitative estimate of drug-likeness (QED) is 0.853. The Hall–Kier alpha value is -2.30. The molecule has 2 rings (SSSR count). The Kier molecular flexibility index (Phi) is 4.98. The number of nitrogens with two attached hydrogens (primary N) is 1. The summed E-state index contributed by atoms with van der Waals surface area (Å²) in [7, 11) is 0. The number of hydrogen-bond donors (Lipinski definition) is 2. The Balaban J connectivity index is 2.35. The van der Waals surface area contributed by atoms with E-state index < -0.39 is 0 Å². The Morgan fingerprint density at radius 3 is 2.48 bits per heavy atom. The Morgan fingerprint density at radius 2 is 1.81 bits per heavy atom. The third-order valence-electron chi connectivity index (χ3n) is 3.58. The molecule has 112 valence electrons. The average molecular weight is 285 g/mol. The average Bonchev–Trinajstić information content (AvgIpc) is 2.52. The first-order chi connectivity index (χ1) is 10.2. The number of rotatable bonds is 6. The maximum atomic E-state index is 6.25. The van der Waals surface area contributed by atoms with Crippen molar-refractivity contribution >= 4 is 23.0 Å². The van der Waals surface area contributed by atoms with Crippen molar-refractivity contribution in [2.24, 2.45) is 0 Å². The molecular weight excluding hydrogens is 262 g/mol. The third kappa shape index (κ3) is 3.24. The van der Waals surface area contributed by atoms with Gasteiger partial charge in [-0.25, -0.2) is 9.97 Å². The first-order valence-electron chi connectivity index (χ1n) is 7.41. The van der Waals surface area contributed by atoms with Crippen LogP contribution < -0.4 is 16.0 Å². The van der Waals surface area contributed by atoms with E-state index in [4.69, 9.17) is 5.73 Å². The molecule has 0 bridgehead atoms. The zero-order valence-corrected chi connectivity index (χ0v) is 12.9. The second-order valence-corrected chi connectivity index (χ2v) is 4.77. The summed E-state index contributed by atoms with van der Waals surface area (Å²) in [5.41, 5.74) is 9.11. The Morgan fingerprint density at radius 1 is 1.10 bits per heavy atom. The van der Waals surface area contributed by atoms with Crippen LogP contribution in [0.5, 0.6) is 0 Å². The number of aromatic nitrogens is 2. The smallest absolute Gasteiger partial charge is 0.159 e. The molecule has 0 unspecified atom stereocenters. The zero-order chi connectivity index (χ0) is 15.2. The molecule has 1 heterocycles. The second-order valence-electron chi connectivity index (χ2n) is 4.77. The van der Waals surface area contributed by atoms with Gasteiger partial charge in [-0.2, -0.15) is 0 Å². The molecule has 5 nitrogen and oxygen atoms in total. The summed E-state index contributed by atoms with van der Waals surface area (Å²) < 4.78 is 0. The minimum absolute atomic E-state index is 0.590. The maximum Gasteiger partial charge on any atom is 0.159 e. The van der Waals surface area contributed by atoms with Crippen molar-refractivity contribution in [2.75, 3.05) is 29.0 Å². The lowest BCUT2D eigenvalue weighted by molar-refractivity contribution is 0.844. The first-order valence-corrected chi connectivity index (χ1v) is 7.41. The molecule has 0 fully saturated rings. The van der Waals surface area contributed by atoms with E-state index in [1.807, 2.05) is 18.2 Å². The zero-order valence-electron chi connectivity index (χ0n) is 12.9. The molecule has 0 spiro atoms. The molecule has 0 saturated carbocycles. The van der Waals surface area contributed by atoms with E-state index in [2.05, 4.69) is 47.0 Å². The minimum Gasteiger partial charge on any atom is -0.393 e. The number of anilines is 4. The van der Waals surface area contributed by atoms with Gasteiger partial charge in [0, 0.05) is 18.8 Å². The van der Waals surface area contributed by atoms with Crippen LogP contribution in [0.3, 0.4) is 0 Å². The van der Waals surface area contributed by atoms with E-state index in [9.17, 15) is 0 Å². The fourth-order valence-electron chi connectivity index (χ4n) is 2.34. The SMILES string of the molecule is CCc1ccccc1Nc1ncnc(N(CC)CC)c1N. The van der Waals surface area contributed by atoms with Crippen LogP contribution in [0.1, 0.15) is 26.3 Å². The normalized spacial score (nSPS) is 10.4. The Labute approximate surface area is 126 Å². The summed E-state index contributed by atoms with van der Waals surface area (Å²) in [6.45, 7) is 8.03. The van der Waals surface area contributed by atoms with Gasteiger partial charge in [0.15, 0.2) is 11.6 Å².